The van der Waals surface area contributed by atoms with Crippen LogP contribution in [0.15, 0.2) is 73.1 Å². The van der Waals surface area contributed by atoms with Crippen molar-refractivity contribution in [3.05, 3.63) is 95.3 Å². The zero-order valence-corrected chi connectivity index (χ0v) is 18.1. The van der Waals surface area contributed by atoms with E-state index in [0.717, 1.165) is 16.8 Å². The predicted molar refractivity (Wildman–Crippen MR) is 120 cm³/mol. The van der Waals surface area contributed by atoms with Crippen LogP contribution in [0.1, 0.15) is 66.6 Å². The molecular formula is C26H29N2O2+. The molecule has 3 aromatic rings. The van der Waals surface area contributed by atoms with Crippen molar-refractivity contribution < 1.29 is 14.2 Å². The van der Waals surface area contributed by atoms with Gasteiger partial charge in [-0.15, -0.1) is 0 Å². The molecule has 0 aliphatic heterocycles. The molecule has 30 heavy (non-hydrogen) atoms. The van der Waals surface area contributed by atoms with Crippen molar-refractivity contribution in [2.75, 3.05) is 5.32 Å². The SMILES string of the molecule is CC(C)c1cccc(C(C)C)c1NC(=O)C[n+]1ccc(C(=O)c2ccccc2)cc1. The number of aromatic nitrogens is 1. The van der Waals surface area contributed by atoms with Crippen molar-refractivity contribution in [1.82, 2.24) is 0 Å². The average molecular weight is 402 g/mol. The highest BCUT2D eigenvalue weighted by atomic mass is 16.2. The highest BCUT2D eigenvalue weighted by molar-refractivity contribution is 6.08. The zero-order chi connectivity index (χ0) is 21.7. The molecule has 1 amide bonds. The van der Waals surface area contributed by atoms with E-state index in [1.165, 1.54) is 0 Å². The molecule has 0 saturated heterocycles. The summed E-state index contributed by atoms with van der Waals surface area (Å²) in [5.74, 6) is 0.515. The largest absolute Gasteiger partial charge is 0.320 e. The average Bonchev–Trinajstić information content (AvgIpc) is 2.74. The van der Waals surface area contributed by atoms with E-state index in [-0.39, 0.29) is 18.2 Å². The van der Waals surface area contributed by atoms with Crippen LogP contribution in [0, 0.1) is 0 Å². The fourth-order valence-electron chi connectivity index (χ4n) is 3.51. The Hall–Kier alpha value is -3.27. The van der Waals surface area contributed by atoms with Gasteiger partial charge in [0, 0.05) is 28.9 Å². The van der Waals surface area contributed by atoms with Crippen LogP contribution in [0.25, 0.3) is 0 Å². The van der Waals surface area contributed by atoms with Crippen LogP contribution in [-0.4, -0.2) is 11.7 Å². The van der Waals surface area contributed by atoms with Gasteiger partial charge < -0.3 is 5.32 Å². The third kappa shape index (κ3) is 5.01. The predicted octanol–water partition coefficient (Wildman–Crippen LogP) is 5.09. The lowest BCUT2D eigenvalue weighted by molar-refractivity contribution is -0.684. The Kier molecular flexibility index (Phi) is 6.78. The van der Waals surface area contributed by atoms with Gasteiger partial charge >= 0.3 is 0 Å². The molecule has 0 spiro atoms. The third-order valence-electron chi connectivity index (χ3n) is 5.15. The number of pyridine rings is 1. The minimum Gasteiger partial charge on any atom is -0.320 e. The summed E-state index contributed by atoms with van der Waals surface area (Å²) in [4.78, 5) is 25.3. The Bertz CT molecular complexity index is 996. The first kappa shape index (κ1) is 21.4. The highest BCUT2D eigenvalue weighted by Gasteiger charge is 2.18. The van der Waals surface area contributed by atoms with Gasteiger partial charge in [0.25, 0.3) is 5.91 Å². The van der Waals surface area contributed by atoms with Crippen LogP contribution in [0.4, 0.5) is 5.69 Å². The second kappa shape index (κ2) is 9.49. The summed E-state index contributed by atoms with van der Waals surface area (Å²) in [6.45, 7) is 8.71. The van der Waals surface area contributed by atoms with E-state index in [9.17, 15) is 9.59 Å². The molecule has 0 saturated carbocycles. The number of amides is 1. The van der Waals surface area contributed by atoms with Crippen LogP contribution in [0.5, 0.6) is 0 Å². The number of carbonyl (C=O) groups is 2. The molecule has 1 heterocycles. The molecule has 0 atom stereocenters. The molecule has 0 aliphatic rings. The van der Waals surface area contributed by atoms with Crippen molar-refractivity contribution in [3.63, 3.8) is 0 Å². The van der Waals surface area contributed by atoms with Gasteiger partial charge in [-0.1, -0.05) is 76.2 Å². The molecule has 1 aromatic heterocycles. The molecule has 1 N–H and O–H groups in total. The Morgan fingerprint density at radius 1 is 0.767 bits per heavy atom. The van der Waals surface area contributed by atoms with Crippen molar-refractivity contribution in [2.24, 2.45) is 0 Å². The van der Waals surface area contributed by atoms with Gasteiger partial charge in [0.05, 0.1) is 0 Å². The van der Waals surface area contributed by atoms with Crippen LogP contribution in [0.2, 0.25) is 0 Å². The molecule has 3 rings (SSSR count). The number of hydrogen-bond acceptors (Lipinski definition) is 2. The van der Waals surface area contributed by atoms with E-state index in [0.29, 0.717) is 23.0 Å². The fourth-order valence-corrected chi connectivity index (χ4v) is 3.51. The van der Waals surface area contributed by atoms with E-state index >= 15 is 0 Å². The first-order valence-electron chi connectivity index (χ1n) is 10.4. The van der Waals surface area contributed by atoms with E-state index in [4.69, 9.17) is 0 Å². The lowest BCUT2D eigenvalue weighted by atomic mass is 9.92. The van der Waals surface area contributed by atoms with Crippen molar-refractivity contribution in [2.45, 2.75) is 46.1 Å². The zero-order valence-electron chi connectivity index (χ0n) is 18.1. The summed E-state index contributed by atoms with van der Waals surface area (Å²) in [7, 11) is 0. The van der Waals surface area contributed by atoms with Crippen LogP contribution >= 0.6 is 0 Å². The number of nitrogens with zero attached hydrogens (tertiary/aromatic N) is 1. The fraction of sp³-hybridized carbons (Fsp3) is 0.269. The topological polar surface area (TPSA) is 50.1 Å². The van der Waals surface area contributed by atoms with Gasteiger partial charge in [0.2, 0.25) is 6.54 Å². The van der Waals surface area contributed by atoms with Crippen LogP contribution in [0.3, 0.4) is 0 Å². The monoisotopic (exact) mass is 401 g/mol. The molecule has 0 unspecified atom stereocenters. The number of rotatable bonds is 7. The van der Waals surface area contributed by atoms with Crippen LogP contribution < -0.4 is 9.88 Å². The summed E-state index contributed by atoms with van der Waals surface area (Å²) in [6, 6.07) is 18.9. The maximum atomic E-state index is 12.8. The number of benzene rings is 2. The number of para-hydroxylation sites is 1. The quantitative estimate of drug-likeness (QED) is 0.443. The highest BCUT2D eigenvalue weighted by Crippen LogP contribution is 2.32. The molecule has 4 nitrogen and oxygen atoms in total. The molecule has 0 fully saturated rings. The lowest BCUT2D eigenvalue weighted by Crippen LogP contribution is -2.40. The standard InChI is InChI=1S/C26H28N2O2/c1-18(2)22-11-8-12-23(19(3)4)25(22)27-24(29)17-28-15-13-21(14-16-28)26(30)20-9-6-5-7-10-20/h5-16,18-19H,17H2,1-4H3/p+1. The van der Waals surface area contributed by atoms with Crippen molar-refractivity contribution >= 4 is 17.4 Å². The maximum absolute atomic E-state index is 12.8. The molecule has 4 heteroatoms. The van der Waals surface area contributed by atoms with E-state index in [1.807, 2.05) is 18.2 Å². The number of anilines is 1. The second-order valence-corrected chi connectivity index (χ2v) is 8.12. The van der Waals surface area contributed by atoms with E-state index in [1.54, 1.807) is 41.2 Å². The van der Waals surface area contributed by atoms with Crippen LogP contribution in [-0.2, 0) is 11.3 Å². The normalized spacial score (nSPS) is 11.0. The van der Waals surface area contributed by atoms with Gasteiger partial charge in [-0.05, 0) is 23.0 Å². The number of nitrogens with one attached hydrogen (secondary N) is 1. The van der Waals surface area contributed by atoms with Crippen molar-refractivity contribution in [3.8, 4) is 0 Å². The molecular weight excluding hydrogens is 372 g/mol. The molecule has 0 bridgehead atoms. The minimum atomic E-state index is -0.0860. The molecule has 0 aliphatic carbocycles. The Morgan fingerprint density at radius 3 is 1.83 bits per heavy atom. The summed E-state index contributed by atoms with van der Waals surface area (Å²) < 4.78 is 1.78. The number of carbonyl (C=O) groups excluding carboxylic acids is 2. The maximum Gasteiger partial charge on any atom is 0.290 e. The van der Waals surface area contributed by atoms with E-state index < -0.39 is 0 Å². The first-order chi connectivity index (χ1) is 14.4. The van der Waals surface area contributed by atoms with Gasteiger partial charge in [-0.2, -0.15) is 4.57 Å². The summed E-state index contributed by atoms with van der Waals surface area (Å²) >= 11 is 0. The minimum absolute atomic E-state index is 0.0281. The van der Waals surface area contributed by atoms with Gasteiger partial charge in [0.1, 0.15) is 0 Å². The number of ketones is 1. The molecule has 0 radical (unpaired) electrons. The molecule has 2 aromatic carbocycles. The second-order valence-electron chi connectivity index (χ2n) is 8.12. The van der Waals surface area contributed by atoms with Gasteiger partial charge in [-0.3, -0.25) is 9.59 Å². The van der Waals surface area contributed by atoms with Gasteiger partial charge in [-0.25, -0.2) is 0 Å². The van der Waals surface area contributed by atoms with Crippen molar-refractivity contribution in [1.29, 1.82) is 0 Å². The molecule has 154 valence electrons. The van der Waals surface area contributed by atoms with Gasteiger partial charge in [0.15, 0.2) is 18.2 Å². The number of hydrogen-bond donors (Lipinski definition) is 1. The lowest BCUT2D eigenvalue weighted by Gasteiger charge is -2.19. The third-order valence-corrected chi connectivity index (χ3v) is 5.15. The summed E-state index contributed by atoms with van der Waals surface area (Å²) in [5, 5.41) is 3.13. The Morgan fingerprint density at radius 2 is 1.30 bits per heavy atom. The first-order valence-corrected chi connectivity index (χ1v) is 10.4. The smallest absolute Gasteiger partial charge is 0.290 e. The summed E-state index contributed by atoms with van der Waals surface area (Å²) in [6.07, 6.45) is 3.54. The Labute approximate surface area is 178 Å². The Balaban J connectivity index is 1.74. The van der Waals surface area contributed by atoms with E-state index in [2.05, 4.69) is 51.2 Å². The summed E-state index contributed by atoms with van der Waals surface area (Å²) in [5.41, 5.74) is 4.46.